The largest absolute Gasteiger partial charge is 0.370 e. The van der Waals surface area contributed by atoms with Gasteiger partial charge in [-0.15, -0.1) is 0 Å². The minimum absolute atomic E-state index is 0.00902. The van der Waals surface area contributed by atoms with Gasteiger partial charge in [0.15, 0.2) is 0 Å². The van der Waals surface area contributed by atoms with Crippen LogP contribution >= 0.6 is 0 Å². The molecule has 3 nitrogen and oxygen atoms in total. The Morgan fingerprint density at radius 3 is 2.63 bits per heavy atom. The molecule has 1 atom stereocenters. The number of rotatable bonds is 4. The zero-order valence-corrected chi connectivity index (χ0v) is 10.7. The molecule has 0 aromatic heterocycles. The maximum Gasteiger partial charge on any atom is 0.218 e. The van der Waals surface area contributed by atoms with Crippen LogP contribution in [-0.4, -0.2) is 23.4 Å². The van der Waals surface area contributed by atoms with E-state index in [-0.39, 0.29) is 30.5 Å². The summed E-state index contributed by atoms with van der Waals surface area (Å²) < 4.78 is 27.3. The van der Waals surface area contributed by atoms with Crippen LogP contribution < -0.4 is 5.73 Å². The predicted octanol–water partition coefficient (Wildman–Crippen LogP) is 2.19. The molecule has 1 heterocycles. The first-order valence-corrected chi connectivity index (χ1v) is 6.53. The second kappa shape index (κ2) is 6.10. The van der Waals surface area contributed by atoms with Crippen molar-refractivity contribution in [2.24, 2.45) is 5.73 Å². The summed E-state index contributed by atoms with van der Waals surface area (Å²) in [4.78, 5) is 13.0. The van der Waals surface area contributed by atoms with Gasteiger partial charge in [0.1, 0.15) is 11.6 Å². The van der Waals surface area contributed by atoms with Crippen molar-refractivity contribution in [3.05, 3.63) is 35.4 Å². The van der Waals surface area contributed by atoms with Gasteiger partial charge in [0.05, 0.1) is 0 Å². The molecule has 0 saturated carbocycles. The Morgan fingerprint density at radius 2 is 2.00 bits per heavy atom. The number of carbonyl (C=O) groups excluding carboxylic acids is 1. The van der Waals surface area contributed by atoms with E-state index in [0.29, 0.717) is 0 Å². The summed E-state index contributed by atoms with van der Waals surface area (Å²) >= 11 is 0. The van der Waals surface area contributed by atoms with Gasteiger partial charge in [-0.3, -0.25) is 9.69 Å². The Balaban J connectivity index is 2.13. The van der Waals surface area contributed by atoms with Crippen LogP contribution in [0.2, 0.25) is 0 Å². The molecular weight excluding hydrogens is 250 g/mol. The lowest BCUT2D eigenvalue weighted by atomic mass is 9.98. The first-order valence-electron chi connectivity index (χ1n) is 6.53. The molecule has 0 spiro atoms. The second-order valence-corrected chi connectivity index (χ2v) is 4.99. The highest BCUT2D eigenvalue weighted by molar-refractivity contribution is 5.74. The smallest absolute Gasteiger partial charge is 0.218 e. The lowest BCUT2D eigenvalue weighted by Crippen LogP contribution is -2.41. The highest BCUT2D eigenvalue weighted by Crippen LogP contribution is 2.23. The third-order valence-electron chi connectivity index (χ3n) is 3.61. The van der Waals surface area contributed by atoms with Crippen molar-refractivity contribution >= 4 is 5.91 Å². The van der Waals surface area contributed by atoms with E-state index < -0.39 is 11.6 Å². The normalized spacial score (nSPS) is 20.4. The Kier molecular flexibility index (Phi) is 4.47. The molecule has 104 valence electrons. The number of hydrogen-bond donors (Lipinski definition) is 1. The molecule has 19 heavy (non-hydrogen) atoms. The van der Waals surface area contributed by atoms with E-state index in [1.54, 1.807) is 0 Å². The monoisotopic (exact) mass is 268 g/mol. The minimum Gasteiger partial charge on any atom is -0.370 e. The number of carbonyl (C=O) groups is 1. The van der Waals surface area contributed by atoms with Crippen LogP contribution in [0, 0.1) is 11.6 Å². The van der Waals surface area contributed by atoms with Gasteiger partial charge in [-0.1, -0.05) is 12.5 Å². The van der Waals surface area contributed by atoms with E-state index in [1.807, 2.05) is 4.90 Å². The van der Waals surface area contributed by atoms with Crippen LogP contribution in [0.3, 0.4) is 0 Å². The highest BCUT2D eigenvalue weighted by atomic mass is 19.1. The topological polar surface area (TPSA) is 46.3 Å². The first kappa shape index (κ1) is 13.9. The summed E-state index contributed by atoms with van der Waals surface area (Å²) in [6.45, 7) is 0.933. The number of piperidine rings is 1. The summed E-state index contributed by atoms with van der Waals surface area (Å²) in [6, 6.07) is 3.85. The van der Waals surface area contributed by atoms with Crippen LogP contribution in [0.1, 0.15) is 31.2 Å². The molecule has 1 aliphatic heterocycles. The average molecular weight is 268 g/mol. The Labute approximate surface area is 111 Å². The van der Waals surface area contributed by atoms with E-state index >= 15 is 0 Å². The lowest BCUT2D eigenvalue weighted by Gasteiger charge is -2.35. The molecule has 0 aliphatic carbocycles. The number of hydrogen-bond acceptors (Lipinski definition) is 2. The second-order valence-electron chi connectivity index (χ2n) is 4.99. The number of likely N-dealkylation sites (tertiary alicyclic amines) is 1. The van der Waals surface area contributed by atoms with Gasteiger partial charge >= 0.3 is 0 Å². The van der Waals surface area contributed by atoms with Gasteiger partial charge in [0.25, 0.3) is 0 Å². The van der Waals surface area contributed by atoms with Crippen LogP contribution in [0.15, 0.2) is 18.2 Å². The molecule has 0 radical (unpaired) electrons. The number of benzene rings is 1. The molecule has 2 N–H and O–H groups in total. The molecule has 1 aliphatic rings. The van der Waals surface area contributed by atoms with Crippen molar-refractivity contribution < 1.29 is 13.6 Å². The molecule has 0 unspecified atom stereocenters. The molecule has 1 amide bonds. The summed E-state index contributed by atoms with van der Waals surface area (Å²) in [5, 5.41) is 0. The zero-order valence-electron chi connectivity index (χ0n) is 10.7. The van der Waals surface area contributed by atoms with E-state index in [9.17, 15) is 13.6 Å². The SMILES string of the molecule is NC(=O)C[C@H]1CCCCN1Cc1c(F)cccc1F. The van der Waals surface area contributed by atoms with Crippen molar-refractivity contribution in [1.82, 2.24) is 4.90 Å². The van der Waals surface area contributed by atoms with Crippen LogP contribution in [-0.2, 0) is 11.3 Å². The standard InChI is InChI=1S/C14H18F2N2O/c15-12-5-3-6-13(16)11(12)9-18-7-2-1-4-10(18)8-14(17)19/h3,5-6,10H,1-2,4,7-9H2,(H2,17,19)/t10-/m1/s1. The van der Waals surface area contributed by atoms with Crippen molar-refractivity contribution in [3.63, 3.8) is 0 Å². The molecule has 1 aromatic carbocycles. The van der Waals surface area contributed by atoms with E-state index in [0.717, 1.165) is 25.8 Å². The fraction of sp³-hybridized carbons (Fsp3) is 0.500. The number of amides is 1. The molecule has 1 fully saturated rings. The molecule has 1 saturated heterocycles. The molecule has 0 bridgehead atoms. The van der Waals surface area contributed by atoms with Crippen molar-refractivity contribution in [2.75, 3.05) is 6.54 Å². The fourth-order valence-electron chi connectivity index (χ4n) is 2.62. The predicted molar refractivity (Wildman–Crippen MR) is 68.2 cm³/mol. The minimum atomic E-state index is -0.539. The lowest BCUT2D eigenvalue weighted by molar-refractivity contribution is -0.119. The van der Waals surface area contributed by atoms with Gasteiger partial charge in [0, 0.05) is 24.6 Å². The fourth-order valence-corrected chi connectivity index (χ4v) is 2.62. The zero-order chi connectivity index (χ0) is 13.8. The molecule has 1 aromatic rings. The van der Waals surface area contributed by atoms with Crippen LogP contribution in [0.25, 0.3) is 0 Å². The summed E-state index contributed by atoms with van der Waals surface area (Å²) in [6.07, 6.45) is 3.09. The van der Waals surface area contributed by atoms with E-state index in [4.69, 9.17) is 5.73 Å². The Morgan fingerprint density at radius 1 is 1.32 bits per heavy atom. The maximum absolute atomic E-state index is 13.6. The third kappa shape index (κ3) is 3.50. The average Bonchev–Trinajstić information content (AvgIpc) is 2.35. The highest BCUT2D eigenvalue weighted by Gasteiger charge is 2.25. The molecule has 2 rings (SSSR count). The van der Waals surface area contributed by atoms with Gasteiger partial charge in [-0.25, -0.2) is 8.78 Å². The summed E-state index contributed by atoms with van der Waals surface area (Å²) in [5.41, 5.74) is 5.29. The number of nitrogens with zero attached hydrogens (tertiary/aromatic N) is 1. The Hall–Kier alpha value is -1.49. The Bertz CT molecular complexity index is 445. The first-order chi connectivity index (χ1) is 9.08. The van der Waals surface area contributed by atoms with Crippen LogP contribution in [0.5, 0.6) is 0 Å². The van der Waals surface area contributed by atoms with Gasteiger partial charge in [0.2, 0.25) is 5.91 Å². The number of halogens is 2. The molecular formula is C14H18F2N2O. The van der Waals surface area contributed by atoms with Gasteiger partial charge in [-0.05, 0) is 31.5 Å². The summed E-state index contributed by atoms with van der Waals surface area (Å²) in [7, 11) is 0. The number of nitrogens with two attached hydrogens (primary N) is 1. The molecule has 5 heteroatoms. The number of primary amides is 1. The third-order valence-corrected chi connectivity index (χ3v) is 3.61. The maximum atomic E-state index is 13.6. The van der Waals surface area contributed by atoms with Crippen LogP contribution in [0.4, 0.5) is 8.78 Å². The van der Waals surface area contributed by atoms with Crippen molar-refractivity contribution in [2.45, 2.75) is 38.3 Å². The van der Waals surface area contributed by atoms with Crippen molar-refractivity contribution in [1.29, 1.82) is 0 Å². The van der Waals surface area contributed by atoms with Crippen molar-refractivity contribution in [3.8, 4) is 0 Å². The van der Waals surface area contributed by atoms with E-state index in [2.05, 4.69) is 0 Å². The quantitative estimate of drug-likeness (QED) is 0.910. The van der Waals surface area contributed by atoms with Gasteiger partial charge < -0.3 is 5.73 Å². The van der Waals surface area contributed by atoms with E-state index in [1.165, 1.54) is 18.2 Å². The summed E-state index contributed by atoms with van der Waals surface area (Å²) in [5.74, 6) is -1.45. The van der Waals surface area contributed by atoms with Gasteiger partial charge in [-0.2, -0.15) is 0 Å².